The van der Waals surface area contributed by atoms with Crippen molar-refractivity contribution >= 4 is 17.6 Å². The average molecular weight is 589 g/mol. The van der Waals surface area contributed by atoms with Gasteiger partial charge >= 0.3 is 0 Å². The van der Waals surface area contributed by atoms with Gasteiger partial charge in [0.25, 0.3) is 5.91 Å². The van der Waals surface area contributed by atoms with Crippen molar-refractivity contribution in [3.63, 3.8) is 0 Å². The molecule has 4 bridgehead atoms. The van der Waals surface area contributed by atoms with Crippen molar-refractivity contribution in [1.29, 1.82) is 0 Å². The van der Waals surface area contributed by atoms with E-state index in [1.807, 2.05) is 11.0 Å². The highest BCUT2D eigenvalue weighted by Crippen LogP contribution is 2.62. The van der Waals surface area contributed by atoms with Crippen LogP contribution >= 0.6 is 0 Å². The lowest BCUT2D eigenvalue weighted by Gasteiger charge is -2.60. The summed E-state index contributed by atoms with van der Waals surface area (Å²) in [6, 6.07) is 10.2. The van der Waals surface area contributed by atoms with Crippen LogP contribution in [0.5, 0.6) is 0 Å². The molecule has 10 heteroatoms. The first-order valence-corrected chi connectivity index (χ1v) is 16.1. The Balaban J connectivity index is 0.875. The zero-order valence-electron chi connectivity index (χ0n) is 24.9. The van der Waals surface area contributed by atoms with Gasteiger partial charge in [-0.1, -0.05) is 24.3 Å². The fourth-order valence-electron chi connectivity index (χ4n) is 9.17. The van der Waals surface area contributed by atoms with Crippen molar-refractivity contribution < 1.29 is 19.8 Å². The molecule has 2 unspecified atom stereocenters. The van der Waals surface area contributed by atoms with E-state index in [9.17, 15) is 19.8 Å². The molecule has 230 valence electrons. The van der Waals surface area contributed by atoms with E-state index in [0.717, 1.165) is 58.0 Å². The van der Waals surface area contributed by atoms with Crippen LogP contribution in [0, 0.1) is 17.3 Å². The molecule has 5 fully saturated rings. The molecule has 6 aliphatic rings. The van der Waals surface area contributed by atoms with Crippen molar-refractivity contribution in [3.05, 3.63) is 53.5 Å². The Labute approximate surface area is 253 Å². The van der Waals surface area contributed by atoms with E-state index in [2.05, 4.69) is 43.7 Å². The van der Waals surface area contributed by atoms with Crippen molar-refractivity contribution in [2.24, 2.45) is 17.3 Å². The van der Waals surface area contributed by atoms with Gasteiger partial charge in [-0.2, -0.15) is 0 Å². The first kappa shape index (κ1) is 28.7. The molecule has 10 nitrogen and oxygen atoms in total. The Hall–Kier alpha value is -3.08. The number of hydrogen-bond donors (Lipinski definition) is 4. The van der Waals surface area contributed by atoms with Crippen LogP contribution in [0.25, 0.3) is 0 Å². The molecule has 4 N–H and O–H groups in total. The molecule has 3 atom stereocenters. The van der Waals surface area contributed by atoms with Crippen LogP contribution in [0.3, 0.4) is 0 Å². The van der Waals surface area contributed by atoms with E-state index in [1.165, 1.54) is 23.9 Å². The number of rotatable bonds is 8. The summed E-state index contributed by atoms with van der Waals surface area (Å²) in [7, 11) is 0. The van der Waals surface area contributed by atoms with E-state index in [4.69, 9.17) is 0 Å². The number of carbonyl (C=O) groups is 2. The summed E-state index contributed by atoms with van der Waals surface area (Å²) in [4.78, 5) is 39.3. The van der Waals surface area contributed by atoms with E-state index in [1.54, 1.807) is 6.07 Å². The van der Waals surface area contributed by atoms with Crippen molar-refractivity contribution in [2.45, 2.75) is 82.1 Å². The quantitative estimate of drug-likeness (QED) is 0.370. The molecule has 1 aromatic carbocycles. The minimum atomic E-state index is -0.678. The molecule has 2 aliphatic heterocycles. The summed E-state index contributed by atoms with van der Waals surface area (Å²) >= 11 is 0. The fraction of sp³-hybridized carbons (Fsp3) is 0.636. The number of hydrogen-bond acceptors (Lipinski definition) is 8. The Bertz CT molecular complexity index is 1350. The molecule has 0 spiro atoms. The second-order valence-corrected chi connectivity index (χ2v) is 14.1. The summed E-state index contributed by atoms with van der Waals surface area (Å²) in [5.41, 5.74) is 1.93. The van der Waals surface area contributed by atoms with Gasteiger partial charge in [0.1, 0.15) is 17.8 Å². The maximum Gasteiger partial charge on any atom is 0.270 e. The Morgan fingerprint density at radius 3 is 2.51 bits per heavy atom. The van der Waals surface area contributed by atoms with Crippen molar-refractivity contribution in [3.8, 4) is 0 Å². The van der Waals surface area contributed by atoms with Gasteiger partial charge in [0.05, 0.1) is 17.1 Å². The molecular formula is C33H44N6O4. The number of carbonyl (C=O) groups excluding carboxylic acids is 2. The van der Waals surface area contributed by atoms with Gasteiger partial charge < -0.3 is 25.7 Å². The number of aliphatic hydroxyl groups is 2. The molecule has 4 saturated carbocycles. The fourth-order valence-corrected chi connectivity index (χ4v) is 9.17. The van der Waals surface area contributed by atoms with Crippen LogP contribution in [0.15, 0.2) is 36.7 Å². The SMILES string of the molecule is O=C(NC[C@H](O)CN1CCc2ccccc2C1)c1cc(NC2CCN(C(=O)C34CC5CC(CC(O)(C5)C3)C4)CC2)ncn1. The normalized spacial score (nSPS) is 31.0. The number of benzene rings is 1. The Morgan fingerprint density at radius 2 is 1.77 bits per heavy atom. The van der Waals surface area contributed by atoms with Crippen molar-refractivity contribution in [1.82, 2.24) is 25.1 Å². The highest BCUT2D eigenvalue weighted by Gasteiger charge is 2.60. The second kappa shape index (κ2) is 11.4. The Kier molecular flexibility index (Phi) is 7.63. The second-order valence-electron chi connectivity index (χ2n) is 14.1. The lowest BCUT2D eigenvalue weighted by molar-refractivity contribution is -0.186. The minimum Gasteiger partial charge on any atom is -0.390 e. The topological polar surface area (TPSA) is 131 Å². The summed E-state index contributed by atoms with van der Waals surface area (Å²) in [6.07, 6.45) is 8.73. The largest absolute Gasteiger partial charge is 0.390 e. The molecular weight excluding hydrogens is 544 g/mol. The van der Waals surface area contributed by atoms with Crippen LogP contribution in [0.2, 0.25) is 0 Å². The number of nitrogens with one attached hydrogen (secondary N) is 2. The monoisotopic (exact) mass is 588 g/mol. The lowest BCUT2D eigenvalue weighted by Crippen LogP contribution is -2.61. The van der Waals surface area contributed by atoms with E-state index in [0.29, 0.717) is 43.7 Å². The van der Waals surface area contributed by atoms with Crippen LogP contribution in [0.4, 0.5) is 5.82 Å². The van der Waals surface area contributed by atoms with E-state index >= 15 is 0 Å². The number of amides is 2. The van der Waals surface area contributed by atoms with Gasteiger partial charge in [0, 0.05) is 51.4 Å². The maximum atomic E-state index is 13.8. The van der Waals surface area contributed by atoms with Crippen LogP contribution < -0.4 is 10.6 Å². The van der Waals surface area contributed by atoms with Gasteiger partial charge in [-0.05, 0) is 80.8 Å². The predicted molar refractivity (Wildman–Crippen MR) is 161 cm³/mol. The van der Waals surface area contributed by atoms with Crippen LogP contribution in [-0.4, -0.2) is 92.3 Å². The number of β-amino-alcohol motifs (C(OH)–C–C–N with tert-alkyl or cyclic N) is 1. The molecule has 1 aromatic heterocycles. The summed E-state index contributed by atoms with van der Waals surface area (Å²) in [6.45, 7) is 3.71. The first-order valence-electron chi connectivity index (χ1n) is 16.1. The zero-order valence-corrected chi connectivity index (χ0v) is 24.9. The molecule has 1 saturated heterocycles. The third-order valence-corrected chi connectivity index (χ3v) is 10.7. The van der Waals surface area contributed by atoms with Gasteiger partial charge in [-0.25, -0.2) is 9.97 Å². The Morgan fingerprint density at radius 1 is 1.02 bits per heavy atom. The van der Waals surface area contributed by atoms with Crippen LogP contribution in [0.1, 0.15) is 73.0 Å². The number of fused-ring (bicyclic) bond motifs is 1. The molecule has 2 amide bonds. The first-order chi connectivity index (χ1) is 20.8. The summed E-state index contributed by atoms with van der Waals surface area (Å²) < 4.78 is 0. The molecule has 4 aliphatic carbocycles. The highest BCUT2D eigenvalue weighted by molar-refractivity contribution is 5.92. The average Bonchev–Trinajstić information content (AvgIpc) is 2.99. The zero-order chi connectivity index (χ0) is 29.6. The van der Waals surface area contributed by atoms with Gasteiger partial charge in [-0.15, -0.1) is 0 Å². The number of anilines is 1. The molecule has 0 radical (unpaired) electrons. The lowest BCUT2D eigenvalue weighted by atomic mass is 9.47. The molecule has 43 heavy (non-hydrogen) atoms. The standard InChI is InChI=1S/C33H44N6O4/c40-27(19-38-8-5-24-3-1-2-4-25(24)18-38)17-34-30(41)28-12-29(36-21-35-28)37-26-6-9-39(10-7-26)31(42)32-13-22-11-23(14-32)16-33(43,15-22)20-32/h1-4,12,21-23,26-27,40,43H,5-11,13-20H2,(H,34,41)(H,35,36,37)/t22?,23?,27-,32?,33?/m0/s1. The van der Waals surface area contributed by atoms with Gasteiger partial charge in [0.2, 0.25) is 5.91 Å². The number of nitrogens with zero attached hydrogens (tertiary/aromatic N) is 4. The molecule has 8 rings (SSSR count). The summed E-state index contributed by atoms with van der Waals surface area (Å²) in [5, 5.41) is 28.0. The third-order valence-electron chi connectivity index (χ3n) is 10.7. The van der Waals surface area contributed by atoms with E-state index < -0.39 is 11.7 Å². The summed E-state index contributed by atoms with van der Waals surface area (Å²) in [5.74, 6) is 1.49. The number of likely N-dealkylation sites (tertiary alicyclic amines) is 1. The number of aromatic nitrogens is 2. The predicted octanol–water partition coefficient (Wildman–Crippen LogP) is 2.36. The number of aliphatic hydroxyl groups excluding tert-OH is 1. The van der Waals surface area contributed by atoms with E-state index in [-0.39, 0.29) is 35.5 Å². The van der Waals surface area contributed by atoms with Gasteiger partial charge in [-0.3, -0.25) is 14.5 Å². The molecule has 3 heterocycles. The minimum absolute atomic E-state index is 0.145. The van der Waals surface area contributed by atoms with Gasteiger partial charge in [0.15, 0.2) is 0 Å². The smallest absolute Gasteiger partial charge is 0.270 e. The van der Waals surface area contributed by atoms with Crippen molar-refractivity contribution in [2.75, 3.05) is 38.0 Å². The highest BCUT2D eigenvalue weighted by atomic mass is 16.3. The third kappa shape index (κ3) is 6.01. The number of piperidine rings is 1. The maximum absolute atomic E-state index is 13.8. The van der Waals surface area contributed by atoms with Crippen LogP contribution in [-0.2, 0) is 17.8 Å². The molecule has 2 aromatic rings.